The molecule has 0 atom stereocenters. The van der Waals surface area contributed by atoms with Gasteiger partial charge in [-0.1, -0.05) is 15.9 Å². The average Bonchev–Trinajstić information content (AvgIpc) is 2.40. The smallest absolute Gasteiger partial charge is 0.416 e. The lowest BCUT2D eigenvalue weighted by Crippen LogP contribution is -2.11. The van der Waals surface area contributed by atoms with Gasteiger partial charge in [-0.15, -0.1) is 0 Å². The fourth-order valence-electron chi connectivity index (χ4n) is 1.76. The van der Waals surface area contributed by atoms with E-state index in [1.807, 2.05) is 0 Å². The highest BCUT2D eigenvalue weighted by molar-refractivity contribution is 9.10. The minimum Gasteiger partial charge on any atom is -0.454 e. The second-order valence-electron chi connectivity index (χ2n) is 4.20. The molecule has 0 bridgehead atoms. The van der Waals surface area contributed by atoms with Crippen LogP contribution in [-0.2, 0) is 12.7 Å². The largest absolute Gasteiger partial charge is 0.454 e. The van der Waals surface area contributed by atoms with Crippen LogP contribution in [0.15, 0.2) is 40.9 Å². The maximum atomic E-state index is 13.6. The molecule has 0 radical (unpaired) electrons. The van der Waals surface area contributed by atoms with E-state index in [4.69, 9.17) is 10.5 Å². The van der Waals surface area contributed by atoms with E-state index in [1.165, 1.54) is 12.1 Å². The predicted molar refractivity (Wildman–Crippen MR) is 73.5 cm³/mol. The first kappa shape index (κ1) is 15.8. The van der Waals surface area contributed by atoms with Crippen molar-refractivity contribution < 1.29 is 22.3 Å². The third-order valence-corrected chi connectivity index (χ3v) is 3.22. The van der Waals surface area contributed by atoms with Crippen molar-refractivity contribution in [3.63, 3.8) is 0 Å². The summed E-state index contributed by atoms with van der Waals surface area (Å²) in [5.41, 5.74) is 4.38. The van der Waals surface area contributed by atoms with Crippen LogP contribution in [0.1, 0.15) is 11.1 Å². The molecular formula is C14H10BrF4NO. The van der Waals surface area contributed by atoms with E-state index in [2.05, 4.69) is 15.9 Å². The Bertz CT molecular complexity index is 658. The molecule has 2 nitrogen and oxygen atoms in total. The predicted octanol–water partition coefficient (Wildman–Crippen LogP) is 4.86. The Morgan fingerprint density at radius 2 is 1.81 bits per heavy atom. The standard InChI is InChI=1S/C14H10BrF4NO/c15-9-1-4-13(12(16)6-9)21-10-2-3-11(14(17,18)19)8(5-10)7-20/h1-6H,7,20H2. The van der Waals surface area contributed by atoms with Gasteiger partial charge in [0.25, 0.3) is 0 Å². The van der Waals surface area contributed by atoms with E-state index in [-0.39, 0.29) is 23.6 Å². The van der Waals surface area contributed by atoms with Crippen LogP contribution < -0.4 is 10.5 Å². The zero-order valence-corrected chi connectivity index (χ0v) is 12.1. The normalized spacial score (nSPS) is 11.5. The van der Waals surface area contributed by atoms with Crippen LogP contribution in [0, 0.1) is 5.82 Å². The molecule has 0 spiro atoms. The summed E-state index contributed by atoms with van der Waals surface area (Å²) in [6, 6.07) is 7.29. The molecule has 0 aliphatic carbocycles. The number of halogens is 5. The number of ether oxygens (including phenoxy) is 1. The van der Waals surface area contributed by atoms with E-state index in [0.29, 0.717) is 4.47 Å². The lowest BCUT2D eigenvalue weighted by Gasteiger charge is -2.14. The molecule has 21 heavy (non-hydrogen) atoms. The highest BCUT2D eigenvalue weighted by atomic mass is 79.9. The second-order valence-corrected chi connectivity index (χ2v) is 5.11. The number of alkyl halides is 3. The van der Waals surface area contributed by atoms with Crippen molar-refractivity contribution in [2.45, 2.75) is 12.7 Å². The Hall–Kier alpha value is -1.60. The number of benzene rings is 2. The molecule has 0 heterocycles. The summed E-state index contributed by atoms with van der Waals surface area (Å²) in [5, 5.41) is 0. The minimum atomic E-state index is -4.49. The van der Waals surface area contributed by atoms with Crippen LogP contribution in [0.5, 0.6) is 11.5 Å². The molecule has 0 aliphatic rings. The van der Waals surface area contributed by atoms with Crippen LogP contribution in [0.25, 0.3) is 0 Å². The van der Waals surface area contributed by atoms with Crippen LogP contribution >= 0.6 is 15.9 Å². The third kappa shape index (κ3) is 3.74. The molecule has 0 unspecified atom stereocenters. The van der Waals surface area contributed by atoms with Gasteiger partial charge >= 0.3 is 6.18 Å². The lowest BCUT2D eigenvalue weighted by atomic mass is 10.1. The van der Waals surface area contributed by atoms with Crippen LogP contribution in [0.4, 0.5) is 17.6 Å². The molecule has 2 rings (SSSR count). The van der Waals surface area contributed by atoms with E-state index in [0.717, 1.165) is 18.2 Å². The number of hydrogen-bond acceptors (Lipinski definition) is 2. The Labute approximate surface area is 126 Å². The van der Waals surface area contributed by atoms with Gasteiger partial charge in [-0.05, 0) is 42.0 Å². The average molecular weight is 364 g/mol. The number of rotatable bonds is 3. The zero-order valence-electron chi connectivity index (χ0n) is 10.5. The summed E-state index contributed by atoms with van der Waals surface area (Å²) in [4.78, 5) is 0. The fraction of sp³-hybridized carbons (Fsp3) is 0.143. The molecule has 0 aliphatic heterocycles. The van der Waals surface area contributed by atoms with Gasteiger partial charge in [0.2, 0.25) is 0 Å². The van der Waals surface area contributed by atoms with Crippen molar-refractivity contribution in [1.82, 2.24) is 0 Å². The van der Waals surface area contributed by atoms with Gasteiger partial charge in [-0.25, -0.2) is 4.39 Å². The molecule has 0 aromatic heterocycles. The topological polar surface area (TPSA) is 35.2 Å². The van der Waals surface area contributed by atoms with E-state index >= 15 is 0 Å². The molecular weight excluding hydrogens is 354 g/mol. The molecule has 2 N–H and O–H groups in total. The van der Waals surface area contributed by atoms with Gasteiger partial charge in [0.05, 0.1) is 5.56 Å². The van der Waals surface area contributed by atoms with Gasteiger partial charge in [0.1, 0.15) is 5.75 Å². The van der Waals surface area contributed by atoms with Crippen LogP contribution in [-0.4, -0.2) is 0 Å². The second kappa shape index (κ2) is 6.03. The monoisotopic (exact) mass is 363 g/mol. The first-order valence-corrected chi connectivity index (χ1v) is 6.63. The van der Waals surface area contributed by atoms with Crippen molar-refractivity contribution >= 4 is 15.9 Å². The third-order valence-electron chi connectivity index (χ3n) is 2.72. The highest BCUT2D eigenvalue weighted by Gasteiger charge is 2.33. The fourth-order valence-corrected chi connectivity index (χ4v) is 2.10. The molecule has 0 saturated carbocycles. The van der Waals surface area contributed by atoms with Crippen molar-refractivity contribution in [3.05, 3.63) is 57.8 Å². The van der Waals surface area contributed by atoms with Crippen LogP contribution in [0.3, 0.4) is 0 Å². The zero-order chi connectivity index (χ0) is 15.6. The Morgan fingerprint density at radius 1 is 1.10 bits per heavy atom. The summed E-state index contributed by atoms with van der Waals surface area (Å²) < 4.78 is 57.6. The molecule has 112 valence electrons. The maximum Gasteiger partial charge on any atom is 0.416 e. The van der Waals surface area contributed by atoms with Crippen LogP contribution in [0.2, 0.25) is 0 Å². The lowest BCUT2D eigenvalue weighted by molar-refractivity contribution is -0.138. The molecule has 0 amide bonds. The van der Waals surface area contributed by atoms with E-state index in [9.17, 15) is 17.6 Å². The van der Waals surface area contributed by atoms with Gasteiger partial charge in [-0.2, -0.15) is 13.2 Å². The van der Waals surface area contributed by atoms with Crippen molar-refractivity contribution in [2.24, 2.45) is 5.73 Å². The van der Waals surface area contributed by atoms with E-state index < -0.39 is 17.6 Å². The number of hydrogen-bond donors (Lipinski definition) is 1. The quantitative estimate of drug-likeness (QED) is 0.790. The molecule has 7 heteroatoms. The SMILES string of the molecule is NCc1cc(Oc2ccc(Br)cc2F)ccc1C(F)(F)F. The summed E-state index contributed by atoms with van der Waals surface area (Å²) >= 11 is 3.10. The van der Waals surface area contributed by atoms with Crippen molar-refractivity contribution in [3.8, 4) is 11.5 Å². The van der Waals surface area contributed by atoms with Crippen molar-refractivity contribution in [1.29, 1.82) is 0 Å². The maximum absolute atomic E-state index is 13.6. The Kier molecular flexibility index (Phi) is 4.53. The summed E-state index contributed by atoms with van der Waals surface area (Å²) in [5.74, 6) is -0.621. The summed E-state index contributed by atoms with van der Waals surface area (Å²) in [7, 11) is 0. The van der Waals surface area contributed by atoms with Gasteiger partial charge in [-0.3, -0.25) is 0 Å². The molecule has 2 aromatic carbocycles. The van der Waals surface area contributed by atoms with Gasteiger partial charge in [0.15, 0.2) is 11.6 Å². The Balaban J connectivity index is 2.33. The van der Waals surface area contributed by atoms with Crippen molar-refractivity contribution in [2.75, 3.05) is 0 Å². The summed E-state index contributed by atoms with van der Waals surface area (Å²) in [6.45, 7) is -0.297. The first-order valence-electron chi connectivity index (χ1n) is 5.84. The molecule has 0 saturated heterocycles. The minimum absolute atomic E-state index is 0.0825. The van der Waals surface area contributed by atoms with E-state index in [1.54, 1.807) is 6.07 Å². The first-order chi connectivity index (χ1) is 9.81. The molecule has 0 fully saturated rings. The van der Waals surface area contributed by atoms with Gasteiger partial charge < -0.3 is 10.5 Å². The summed E-state index contributed by atoms with van der Waals surface area (Å²) in [6.07, 6.45) is -4.49. The Morgan fingerprint density at radius 3 is 2.38 bits per heavy atom. The molecule has 2 aromatic rings. The number of nitrogens with two attached hydrogens (primary N) is 1. The van der Waals surface area contributed by atoms with Gasteiger partial charge in [0, 0.05) is 11.0 Å². The highest BCUT2D eigenvalue weighted by Crippen LogP contribution is 2.35.